The molecule has 1 spiro atoms. The fraction of sp³-hybridized carbons (Fsp3) is 1.00. The van der Waals surface area contributed by atoms with Crippen LogP contribution in [0.2, 0.25) is 0 Å². The Balaban J connectivity index is 1.43. The van der Waals surface area contributed by atoms with E-state index in [1.165, 1.54) is 12.8 Å². The van der Waals surface area contributed by atoms with Crippen LogP contribution >= 0.6 is 0 Å². The normalized spacial score (nSPS) is 44.2. The summed E-state index contributed by atoms with van der Waals surface area (Å²) in [5, 5.41) is 3.24. The molecule has 0 aromatic carbocycles. The molecule has 2 heterocycles. The highest BCUT2D eigenvalue weighted by Gasteiger charge is 2.42. The Bertz CT molecular complexity index is 272. The van der Waals surface area contributed by atoms with Crippen LogP contribution in [0.1, 0.15) is 32.1 Å². The van der Waals surface area contributed by atoms with Crippen LogP contribution in [0.4, 0.5) is 0 Å². The van der Waals surface area contributed by atoms with Gasteiger partial charge in [-0.2, -0.15) is 0 Å². The van der Waals surface area contributed by atoms with Crippen molar-refractivity contribution in [1.29, 1.82) is 0 Å². The van der Waals surface area contributed by atoms with Crippen LogP contribution in [0, 0.1) is 5.92 Å². The molecule has 104 valence electrons. The molecule has 3 aliphatic rings. The Kier molecular flexibility index (Phi) is 3.89. The van der Waals surface area contributed by atoms with Gasteiger partial charge in [-0.15, -0.1) is 0 Å². The number of hydrogen-bond donors (Lipinski definition) is 1. The van der Waals surface area contributed by atoms with Crippen LogP contribution in [0.5, 0.6) is 0 Å². The average molecular weight is 255 g/mol. The molecule has 0 aromatic rings. The minimum atomic E-state index is -0.0168. The second-order valence-electron chi connectivity index (χ2n) is 6.10. The van der Waals surface area contributed by atoms with Crippen molar-refractivity contribution in [2.45, 2.75) is 49.9 Å². The standard InChI is InChI=1S/C14H25NO3/c1-15-9-11-6-13(7-11)18-12-2-4-17-14(8-12)3-5-16-10-14/h11-13,15H,2-10H2,1H3. The van der Waals surface area contributed by atoms with E-state index in [9.17, 15) is 0 Å². The molecule has 4 heteroatoms. The van der Waals surface area contributed by atoms with Crippen molar-refractivity contribution in [2.24, 2.45) is 5.92 Å². The summed E-state index contributed by atoms with van der Waals surface area (Å²) < 4.78 is 17.7. The fourth-order valence-corrected chi connectivity index (χ4v) is 3.48. The highest BCUT2D eigenvalue weighted by Crippen LogP contribution is 2.37. The number of rotatable bonds is 4. The summed E-state index contributed by atoms with van der Waals surface area (Å²) in [5.41, 5.74) is -0.0168. The second kappa shape index (κ2) is 5.45. The summed E-state index contributed by atoms with van der Waals surface area (Å²) in [4.78, 5) is 0. The lowest BCUT2D eigenvalue weighted by atomic mass is 9.81. The van der Waals surface area contributed by atoms with Crippen molar-refractivity contribution >= 4 is 0 Å². The van der Waals surface area contributed by atoms with Crippen molar-refractivity contribution in [3.05, 3.63) is 0 Å². The van der Waals surface area contributed by atoms with Crippen molar-refractivity contribution in [2.75, 3.05) is 33.4 Å². The van der Waals surface area contributed by atoms with Gasteiger partial charge in [-0.3, -0.25) is 0 Å². The van der Waals surface area contributed by atoms with E-state index >= 15 is 0 Å². The molecule has 1 saturated carbocycles. The maximum absolute atomic E-state index is 6.23. The highest BCUT2D eigenvalue weighted by atomic mass is 16.6. The van der Waals surface area contributed by atoms with Crippen LogP contribution in [-0.4, -0.2) is 51.2 Å². The van der Waals surface area contributed by atoms with E-state index < -0.39 is 0 Å². The quantitative estimate of drug-likeness (QED) is 0.823. The molecule has 18 heavy (non-hydrogen) atoms. The molecule has 2 atom stereocenters. The first-order chi connectivity index (χ1) is 8.80. The van der Waals surface area contributed by atoms with Gasteiger partial charge in [0.15, 0.2) is 0 Å². The molecule has 2 unspecified atom stereocenters. The van der Waals surface area contributed by atoms with Gasteiger partial charge >= 0.3 is 0 Å². The van der Waals surface area contributed by atoms with E-state index in [0.29, 0.717) is 12.2 Å². The van der Waals surface area contributed by atoms with Gasteiger partial charge in [0.25, 0.3) is 0 Å². The first-order valence-corrected chi connectivity index (χ1v) is 7.31. The molecule has 0 radical (unpaired) electrons. The summed E-state index contributed by atoms with van der Waals surface area (Å²) in [5.74, 6) is 0.823. The SMILES string of the molecule is CNCC1CC(OC2CCOC3(CCOC3)C2)C1. The molecule has 1 aliphatic carbocycles. The van der Waals surface area contributed by atoms with Gasteiger partial charge in [0, 0.05) is 26.1 Å². The van der Waals surface area contributed by atoms with Crippen LogP contribution < -0.4 is 5.32 Å². The Labute approximate surface area is 109 Å². The molecule has 2 saturated heterocycles. The maximum Gasteiger partial charge on any atom is 0.0961 e. The van der Waals surface area contributed by atoms with E-state index in [-0.39, 0.29) is 5.60 Å². The molecular weight excluding hydrogens is 230 g/mol. The van der Waals surface area contributed by atoms with Gasteiger partial charge in [-0.1, -0.05) is 0 Å². The van der Waals surface area contributed by atoms with Gasteiger partial charge in [0.2, 0.25) is 0 Å². The predicted molar refractivity (Wildman–Crippen MR) is 68.7 cm³/mol. The number of ether oxygens (including phenoxy) is 3. The maximum atomic E-state index is 6.23. The van der Waals surface area contributed by atoms with Crippen LogP contribution in [-0.2, 0) is 14.2 Å². The van der Waals surface area contributed by atoms with E-state index in [2.05, 4.69) is 5.32 Å². The zero-order valence-corrected chi connectivity index (χ0v) is 11.3. The first kappa shape index (κ1) is 12.9. The lowest BCUT2D eigenvalue weighted by Gasteiger charge is -2.42. The predicted octanol–water partition coefficient (Wildman–Crippen LogP) is 1.34. The lowest BCUT2D eigenvalue weighted by molar-refractivity contribution is -0.163. The second-order valence-corrected chi connectivity index (χ2v) is 6.10. The molecule has 0 amide bonds. The third kappa shape index (κ3) is 2.72. The molecule has 3 rings (SSSR count). The zero-order chi connectivity index (χ0) is 12.4. The van der Waals surface area contributed by atoms with Gasteiger partial charge in [0.05, 0.1) is 24.4 Å². The molecule has 3 fully saturated rings. The van der Waals surface area contributed by atoms with E-state index in [1.807, 2.05) is 7.05 Å². The minimum Gasteiger partial charge on any atom is -0.378 e. The molecule has 0 aromatic heterocycles. The van der Waals surface area contributed by atoms with Crippen LogP contribution in [0.3, 0.4) is 0 Å². The van der Waals surface area contributed by atoms with Gasteiger partial charge in [0.1, 0.15) is 0 Å². The topological polar surface area (TPSA) is 39.7 Å². The van der Waals surface area contributed by atoms with Crippen molar-refractivity contribution < 1.29 is 14.2 Å². The first-order valence-electron chi connectivity index (χ1n) is 7.31. The average Bonchev–Trinajstić information content (AvgIpc) is 2.75. The largest absolute Gasteiger partial charge is 0.378 e. The lowest BCUT2D eigenvalue weighted by Crippen LogP contribution is -2.46. The molecule has 4 nitrogen and oxygen atoms in total. The van der Waals surface area contributed by atoms with Crippen LogP contribution in [0.15, 0.2) is 0 Å². The minimum absolute atomic E-state index is 0.0168. The van der Waals surface area contributed by atoms with Gasteiger partial charge in [-0.25, -0.2) is 0 Å². The van der Waals surface area contributed by atoms with Gasteiger partial charge in [-0.05, 0) is 38.8 Å². The fourth-order valence-electron chi connectivity index (χ4n) is 3.48. The Hall–Kier alpha value is -0.160. The van der Waals surface area contributed by atoms with Crippen molar-refractivity contribution in [1.82, 2.24) is 5.32 Å². The van der Waals surface area contributed by atoms with E-state index in [1.54, 1.807) is 0 Å². The summed E-state index contributed by atoms with van der Waals surface area (Å²) >= 11 is 0. The Morgan fingerprint density at radius 2 is 2.17 bits per heavy atom. The molecule has 1 N–H and O–H groups in total. The number of nitrogens with one attached hydrogen (secondary N) is 1. The molecule has 0 bridgehead atoms. The van der Waals surface area contributed by atoms with Crippen molar-refractivity contribution in [3.8, 4) is 0 Å². The smallest absolute Gasteiger partial charge is 0.0961 e. The summed E-state index contributed by atoms with van der Waals surface area (Å²) in [6, 6.07) is 0. The summed E-state index contributed by atoms with van der Waals surface area (Å²) in [6.45, 7) is 3.58. The third-order valence-corrected chi connectivity index (χ3v) is 4.59. The molecular formula is C14H25NO3. The monoisotopic (exact) mass is 255 g/mol. The van der Waals surface area contributed by atoms with Gasteiger partial charge < -0.3 is 19.5 Å². The van der Waals surface area contributed by atoms with E-state index in [0.717, 1.165) is 51.5 Å². The summed E-state index contributed by atoms with van der Waals surface area (Å²) in [7, 11) is 2.02. The van der Waals surface area contributed by atoms with E-state index in [4.69, 9.17) is 14.2 Å². The zero-order valence-electron chi connectivity index (χ0n) is 11.3. The number of hydrogen-bond acceptors (Lipinski definition) is 4. The summed E-state index contributed by atoms with van der Waals surface area (Å²) in [6.07, 6.45) is 6.45. The highest BCUT2D eigenvalue weighted by molar-refractivity contribution is 4.92. The van der Waals surface area contributed by atoms with Crippen molar-refractivity contribution in [3.63, 3.8) is 0 Å². The third-order valence-electron chi connectivity index (χ3n) is 4.59. The van der Waals surface area contributed by atoms with Crippen LogP contribution in [0.25, 0.3) is 0 Å². The molecule has 2 aliphatic heterocycles. The Morgan fingerprint density at radius 1 is 1.28 bits per heavy atom. The Morgan fingerprint density at radius 3 is 2.89 bits per heavy atom.